The second-order valence-electron chi connectivity index (χ2n) is 7.56. The van der Waals surface area contributed by atoms with Crippen molar-refractivity contribution in [1.29, 1.82) is 5.26 Å². The molecule has 8 nitrogen and oxygen atoms in total. The molecule has 0 aliphatic rings. The summed E-state index contributed by atoms with van der Waals surface area (Å²) in [6.45, 7) is 11.5. The van der Waals surface area contributed by atoms with Gasteiger partial charge in [0.15, 0.2) is 0 Å². The fraction of sp³-hybridized carbons (Fsp3) is 0.217. The van der Waals surface area contributed by atoms with E-state index in [1.165, 1.54) is 9.36 Å². The maximum Gasteiger partial charge on any atom is 2.00 e. The minimum Gasteiger partial charge on any atom is -0.334 e. The fourth-order valence-electron chi connectivity index (χ4n) is 3.36. The van der Waals surface area contributed by atoms with Crippen molar-refractivity contribution < 1.29 is 21.1 Å². The van der Waals surface area contributed by atoms with Gasteiger partial charge < -0.3 is 19.5 Å². The molecule has 0 bridgehead atoms. The molecule has 0 atom stereocenters. The molecule has 0 amide bonds. The first-order chi connectivity index (χ1) is 14.9. The molecular weight excluding hydrogens is 583 g/mol. The summed E-state index contributed by atoms with van der Waals surface area (Å²) in [6, 6.07) is 13.5. The molecule has 4 aromatic heterocycles. The van der Waals surface area contributed by atoms with Crippen molar-refractivity contribution in [3.05, 3.63) is 77.3 Å². The summed E-state index contributed by atoms with van der Waals surface area (Å²) in [5, 5.41) is 17.6. The minimum atomic E-state index is -0.540. The molecule has 0 fully saturated rings. The molecule has 4 heterocycles. The van der Waals surface area contributed by atoms with Gasteiger partial charge in [-0.15, -0.1) is 5.56 Å². The molecule has 0 aliphatic heterocycles. The molecule has 0 unspecified atom stereocenters. The molecule has 0 saturated carbocycles. The van der Waals surface area contributed by atoms with Crippen molar-refractivity contribution in [2.75, 3.05) is 0 Å². The first-order valence-corrected chi connectivity index (χ1v) is 9.49. The molecule has 0 aliphatic carbocycles. The van der Waals surface area contributed by atoms with E-state index in [-0.39, 0.29) is 21.1 Å². The molecule has 0 aromatic carbocycles. The van der Waals surface area contributed by atoms with E-state index < -0.39 is 5.41 Å². The third-order valence-electron chi connectivity index (χ3n) is 5.22. The Morgan fingerprint density at radius 1 is 0.938 bits per heavy atom. The van der Waals surface area contributed by atoms with Crippen LogP contribution in [-0.4, -0.2) is 29.5 Å². The molecule has 4 aromatic rings. The van der Waals surface area contributed by atoms with Crippen molar-refractivity contribution >= 4 is 5.82 Å². The van der Waals surface area contributed by atoms with Crippen molar-refractivity contribution in [3.8, 4) is 28.6 Å². The second kappa shape index (κ2) is 8.86. The predicted molar refractivity (Wildman–Crippen MR) is 114 cm³/mol. The maximum atomic E-state index is 9.44. The molecule has 32 heavy (non-hydrogen) atoms. The molecule has 4 rings (SSSR count). The van der Waals surface area contributed by atoms with Crippen LogP contribution in [0, 0.1) is 30.3 Å². The van der Waals surface area contributed by atoms with Crippen LogP contribution in [-0.2, 0) is 40.6 Å². The van der Waals surface area contributed by atoms with E-state index in [2.05, 4.69) is 33.5 Å². The van der Waals surface area contributed by atoms with Gasteiger partial charge in [-0.1, -0.05) is 30.8 Å². The summed E-state index contributed by atoms with van der Waals surface area (Å²) in [4.78, 5) is 13.2. The summed E-state index contributed by atoms with van der Waals surface area (Å²) in [7, 11) is 3.41. The van der Waals surface area contributed by atoms with Crippen LogP contribution in [0.3, 0.4) is 0 Å². The third-order valence-corrected chi connectivity index (χ3v) is 5.22. The number of nitriles is 1. The molecule has 0 spiro atoms. The number of rotatable bonds is 4. The van der Waals surface area contributed by atoms with Gasteiger partial charge in [0, 0.05) is 29.5 Å². The van der Waals surface area contributed by atoms with Gasteiger partial charge >= 0.3 is 21.1 Å². The van der Waals surface area contributed by atoms with E-state index in [1.54, 1.807) is 14.1 Å². The van der Waals surface area contributed by atoms with Crippen molar-refractivity contribution in [2.24, 2.45) is 14.1 Å². The molecule has 0 radical (unpaired) electrons. The van der Waals surface area contributed by atoms with Crippen LogP contribution in [0.1, 0.15) is 30.9 Å². The fourth-order valence-corrected chi connectivity index (χ4v) is 3.36. The Hall–Kier alpha value is -3.61. The van der Waals surface area contributed by atoms with Crippen LogP contribution < -0.4 is 0 Å². The molecule has 0 saturated heterocycles. The van der Waals surface area contributed by atoms with Gasteiger partial charge in [0.1, 0.15) is 0 Å². The van der Waals surface area contributed by atoms with Gasteiger partial charge in [-0.2, -0.15) is 9.78 Å². The number of pyridine rings is 2. The first kappa shape index (κ1) is 23.1. The van der Waals surface area contributed by atoms with Gasteiger partial charge in [-0.05, 0) is 55.3 Å². The summed E-state index contributed by atoms with van der Waals surface area (Å²) in [6.07, 6.45) is 5.76. The van der Waals surface area contributed by atoms with Crippen LogP contribution in [0.2, 0.25) is 0 Å². The second-order valence-corrected chi connectivity index (χ2v) is 7.56. The largest absolute Gasteiger partial charge is 2.00 e. The summed E-state index contributed by atoms with van der Waals surface area (Å²) in [5.74, 6) is 0.388. The van der Waals surface area contributed by atoms with Crippen LogP contribution in [0.25, 0.3) is 27.4 Å². The molecule has 0 N–H and O–H groups in total. The smallest absolute Gasteiger partial charge is 0.334 e. The Balaban J connectivity index is 0.00000289. The SMILES string of the molecule is [C-]#[N+]c1c(-c2cccc(C(C)(C)c3cccc(-c4[c-]nn(C)c4C#N)n3)n2)[c-]nn1C.[Pt+2]. The van der Waals surface area contributed by atoms with E-state index in [4.69, 9.17) is 16.5 Å². The number of hydrogen-bond acceptors (Lipinski definition) is 5. The zero-order chi connectivity index (χ0) is 22.2. The average molecular weight is 602 g/mol. The predicted octanol–water partition coefficient (Wildman–Crippen LogP) is 3.62. The summed E-state index contributed by atoms with van der Waals surface area (Å²) in [5.41, 5.74) is 3.84. The monoisotopic (exact) mass is 601 g/mol. The molecule has 9 heteroatoms. The van der Waals surface area contributed by atoms with E-state index in [1.807, 2.05) is 50.2 Å². The number of nitrogens with zero attached hydrogens (tertiary/aromatic N) is 8. The van der Waals surface area contributed by atoms with E-state index in [0.717, 1.165) is 11.4 Å². The van der Waals surface area contributed by atoms with Gasteiger partial charge in [0.25, 0.3) is 5.82 Å². The number of hydrogen-bond donors (Lipinski definition) is 0. The van der Waals surface area contributed by atoms with Crippen molar-refractivity contribution in [2.45, 2.75) is 19.3 Å². The average Bonchev–Trinajstić information content (AvgIpc) is 3.35. The minimum absolute atomic E-state index is 0. The Morgan fingerprint density at radius 3 is 2.03 bits per heavy atom. The van der Waals surface area contributed by atoms with E-state index >= 15 is 0 Å². The zero-order valence-corrected chi connectivity index (χ0v) is 20.1. The van der Waals surface area contributed by atoms with Crippen LogP contribution in [0.5, 0.6) is 0 Å². The van der Waals surface area contributed by atoms with E-state index in [0.29, 0.717) is 34.0 Å². The Bertz CT molecular complexity index is 1260. The first-order valence-electron chi connectivity index (χ1n) is 9.49. The topological polar surface area (TPSA) is 89.6 Å². The normalized spacial score (nSPS) is 10.8. The van der Waals surface area contributed by atoms with E-state index in [9.17, 15) is 5.26 Å². The van der Waals surface area contributed by atoms with Gasteiger partial charge in [0.05, 0.1) is 13.1 Å². The van der Waals surface area contributed by atoms with Crippen LogP contribution in [0.15, 0.2) is 36.4 Å². The number of aromatic nitrogens is 6. The van der Waals surface area contributed by atoms with Gasteiger partial charge in [-0.3, -0.25) is 5.10 Å². The van der Waals surface area contributed by atoms with Crippen LogP contribution >= 0.6 is 0 Å². The Morgan fingerprint density at radius 2 is 1.47 bits per heavy atom. The Labute approximate surface area is 200 Å². The summed E-state index contributed by atoms with van der Waals surface area (Å²) >= 11 is 0. The Kier molecular flexibility index (Phi) is 6.39. The van der Waals surface area contributed by atoms with Crippen LogP contribution in [0.4, 0.5) is 5.82 Å². The van der Waals surface area contributed by atoms with Gasteiger partial charge in [0.2, 0.25) is 0 Å². The number of aryl methyl sites for hydroxylation is 2. The molecule has 160 valence electrons. The maximum absolute atomic E-state index is 9.44. The van der Waals surface area contributed by atoms with Gasteiger partial charge in [-0.25, -0.2) is 5.26 Å². The quantitative estimate of drug-likeness (QED) is 0.334. The third kappa shape index (κ3) is 3.86. The summed E-state index contributed by atoms with van der Waals surface area (Å²) < 4.78 is 2.98. The standard InChI is InChI=1S/C23H18N8.Pt/c1-23(2,20-10-6-8-17(28-20)15-13-26-30(4)19(15)12-24)21-11-7-9-18(29-21)16-14-27-31(5)22(16)25-3;/h6-11H,1-2,4-5H3;/q-2;+2. The van der Waals surface area contributed by atoms with Crippen molar-refractivity contribution in [1.82, 2.24) is 29.5 Å². The zero-order valence-electron chi connectivity index (χ0n) is 17.9. The molecular formula is C23H18N8Pt. The van der Waals surface area contributed by atoms with Crippen molar-refractivity contribution in [3.63, 3.8) is 0 Å².